The van der Waals surface area contributed by atoms with Crippen LogP contribution in [0.3, 0.4) is 0 Å². The van der Waals surface area contributed by atoms with Crippen LogP contribution < -0.4 is 0 Å². The Bertz CT molecular complexity index is 795. The van der Waals surface area contributed by atoms with Gasteiger partial charge < -0.3 is 4.57 Å². The lowest BCUT2D eigenvalue weighted by molar-refractivity contribution is -0.124. The molecule has 3 fully saturated rings. The van der Waals surface area contributed by atoms with Crippen LogP contribution in [0.4, 0.5) is 0 Å². The number of rotatable bonds is 4. The number of hydrogen-bond acceptors (Lipinski definition) is 3. The Morgan fingerprint density at radius 3 is 2.34 bits per heavy atom. The highest BCUT2D eigenvalue weighted by Crippen LogP contribution is 2.38. The Morgan fingerprint density at radius 1 is 1.07 bits per heavy atom. The van der Waals surface area contributed by atoms with Crippen LogP contribution in [0.15, 0.2) is 22.2 Å². The highest BCUT2D eigenvalue weighted by molar-refractivity contribution is 8.18. The maximum Gasteiger partial charge on any atom is 0.267 e. The fraction of sp³-hybridized carbons (Fsp3) is 0.667. The lowest BCUT2D eigenvalue weighted by Crippen LogP contribution is -2.41. The quantitative estimate of drug-likeness (QED) is 0.542. The van der Waals surface area contributed by atoms with Gasteiger partial charge in [0.1, 0.15) is 0 Å². The van der Waals surface area contributed by atoms with E-state index in [1.165, 1.54) is 57.1 Å². The van der Waals surface area contributed by atoms with Gasteiger partial charge in [0.2, 0.25) is 0 Å². The molecule has 4 rings (SSSR count). The molecule has 29 heavy (non-hydrogen) atoms. The molecule has 2 heterocycles. The van der Waals surface area contributed by atoms with Crippen molar-refractivity contribution in [2.75, 3.05) is 0 Å². The summed E-state index contributed by atoms with van der Waals surface area (Å²) in [6.07, 6.45) is 16.5. The summed E-state index contributed by atoms with van der Waals surface area (Å²) in [5, 5.41) is 0.972. The minimum Gasteiger partial charge on any atom is -0.349 e. The van der Waals surface area contributed by atoms with E-state index < -0.39 is 0 Å². The summed E-state index contributed by atoms with van der Waals surface area (Å²) in [6, 6.07) is 3.34. The Hall–Kier alpha value is -1.49. The average molecular weight is 414 g/mol. The van der Waals surface area contributed by atoms with Gasteiger partial charge >= 0.3 is 0 Å². The minimum atomic E-state index is 0.173. The predicted octanol–water partition coefficient (Wildman–Crippen LogP) is 6.32. The highest BCUT2D eigenvalue weighted by atomic mass is 32.2. The molecule has 0 radical (unpaired) electrons. The van der Waals surface area contributed by atoms with Crippen LogP contribution >= 0.6 is 11.8 Å². The van der Waals surface area contributed by atoms with Crippen LogP contribution in [0.5, 0.6) is 0 Å². The molecular formula is C24H35N3OS. The van der Waals surface area contributed by atoms with Crippen molar-refractivity contribution in [1.29, 1.82) is 0 Å². The number of thioether (sulfide) groups is 1. The van der Waals surface area contributed by atoms with Crippen molar-refractivity contribution in [3.05, 3.63) is 28.4 Å². The van der Waals surface area contributed by atoms with Crippen LogP contribution in [0.25, 0.3) is 6.08 Å². The second kappa shape index (κ2) is 9.11. The SMILES string of the molecule is Cc1cc(/C=C2/SC(=NC3CCCCC3)N(C3CCCCC3)C2=O)cn1C(C)C. The van der Waals surface area contributed by atoms with Gasteiger partial charge in [0.25, 0.3) is 5.91 Å². The lowest BCUT2D eigenvalue weighted by Gasteiger charge is -2.31. The smallest absolute Gasteiger partial charge is 0.267 e. The molecule has 2 saturated carbocycles. The van der Waals surface area contributed by atoms with E-state index >= 15 is 0 Å². The van der Waals surface area contributed by atoms with Crippen molar-refractivity contribution in [3.63, 3.8) is 0 Å². The lowest BCUT2D eigenvalue weighted by atomic mass is 9.94. The molecule has 1 amide bonds. The molecule has 158 valence electrons. The summed E-state index contributed by atoms with van der Waals surface area (Å²) in [5.74, 6) is 0.173. The molecule has 5 heteroatoms. The largest absolute Gasteiger partial charge is 0.349 e. The van der Waals surface area contributed by atoms with E-state index in [4.69, 9.17) is 4.99 Å². The van der Waals surface area contributed by atoms with Gasteiger partial charge in [0.15, 0.2) is 5.17 Å². The summed E-state index contributed by atoms with van der Waals surface area (Å²) in [4.78, 5) is 21.5. The van der Waals surface area contributed by atoms with Crippen LogP contribution in [0.2, 0.25) is 0 Å². The van der Waals surface area contributed by atoms with Crippen LogP contribution in [0.1, 0.15) is 95.4 Å². The number of hydrogen-bond donors (Lipinski definition) is 0. The standard InChI is InChI=1S/C24H35N3OS/c1-17(2)26-16-19(14-18(26)3)15-22-23(28)27(21-12-8-5-9-13-21)24(29-22)25-20-10-6-4-7-11-20/h14-17,20-21H,4-13H2,1-3H3/b22-15+,25-24?. The first-order valence-corrected chi connectivity index (χ1v) is 12.3. The van der Waals surface area contributed by atoms with Gasteiger partial charge in [-0.1, -0.05) is 38.5 Å². The molecule has 0 N–H and O–H groups in total. The number of amidine groups is 1. The first kappa shape index (κ1) is 20.8. The van der Waals surface area contributed by atoms with E-state index in [9.17, 15) is 4.79 Å². The molecule has 4 nitrogen and oxygen atoms in total. The molecule has 0 unspecified atom stereocenters. The minimum absolute atomic E-state index is 0.173. The average Bonchev–Trinajstić information content (AvgIpc) is 3.23. The van der Waals surface area contributed by atoms with Gasteiger partial charge in [-0.05, 0) is 75.9 Å². The molecule has 2 aliphatic carbocycles. The second-order valence-electron chi connectivity index (χ2n) is 9.20. The first-order valence-electron chi connectivity index (χ1n) is 11.5. The van der Waals surface area contributed by atoms with Crippen molar-refractivity contribution in [1.82, 2.24) is 9.47 Å². The maximum atomic E-state index is 13.4. The number of carbonyl (C=O) groups is 1. The fourth-order valence-corrected chi connectivity index (χ4v) is 6.12. The van der Waals surface area contributed by atoms with Gasteiger partial charge in [-0.2, -0.15) is 0 Å². The summed E-state index contributed by atoms with van der Waals surface area (Å²) in [7, 11) is 0. The number of carbonyl (C=O) groups excluding carboxylic acids is 1. The van der Waals surface area contributed by atoms with Gasteiger partial charge in [-0.3, -0.25) is 14.7 Å². The third kappa shape index (κ3) is 4.65. The molecule has 1 aliphatic heterocycles. The number of aliphatic imine (C=N–C) groups is 1. The van der Waals surface area contributed by atoms with Crippen LogP contribution in [0, 0.1) is 6.92 Å². The molecule has 0 atom stereocenters. The monoisotopic (exact) mass is 413 g/mol. The summed E-state index contributed by atoms with van der Waals surface area (Å²) >= 11 is 1.61. The van der Waals surface area contributed by atoms with Crippen molar-refractivity contribution in [3.8, 4) is 0 Å². The normalized spacial score (nSPS) is 25.1. The van der Waals surface area contributed by atoms with Gasteiger partial charge in [-0.25, -0.2) is 0 Å². The zero-order valence-electron chi connectivity index (χ0n) is 18.2. The van der Waals surface area contributed by atoms with Crippen molar-refractivity contribution in [2.45, 2.75) is 103 Å². The summed E-state index contributed by atoms with van der Waals surface area (Å²) in [5.41, 5.74) is 2.36. The zero-order valence-corrected chi connectivity index (χ0v) is 19.0. The van der Waals surface area contributed by atoms with Gasteiger partial charge in [0.05, 0.1) is 10.9 Å². The first-order chi connectivity index (χ1) is 14.0. The molecule has 1 aromatic rings. The van der Waals surface area contributed by atoms with E-state index in [1.54, 1.807) is 11.8 Å². The van der Waals surface area contributed by atoms with Crippen LogP contribution in [-0.2, 0) is 4.79 Å². The number of amides is 1. The predicted molar refractivity (Wildman–Crippen MR) is 123 cm³/mol. The number of nitrogens with zero attached hydrogens (tertiary/aromatic N) is 3. The molecule has 0 spiro atoms. The van der Waals surface area contributed by atoms with Crippen LogP contribution in [-0.4, -0.2) is 32.6 Å². The Labute approximate surface area is 179 Å². The molecule has 0 aromatic carbocycles. The van der Waals surface area contributed by atoms with Crippen molar-refractivity contribution >= 4 is 28.9 Å². The van der Waals surface area contributed by atoms with Crippen molar-refractivity contribution < 1.29 is 4.79 Å². The molecule has 0 bridgehead atoms. The Morgan fingerprint density at radius 2 is 1.72 bits per heavy atom. The van der Waals surface area contributed by atoms with E-state index in [2.05, 4.69) is 48.6 Å². The summed E-state index contributed by atoms with van der Waals surface area (Å²) < 4.78 is 2.27. The molecule has 1 aromatic heterocycles. The van der Waals surface area contributed by atoms with Crippen molar-refractivity contribution in [2.24, 2.45) is 4.99 Å². The molecule has 1 saturated heterocycles. The van der Waals surface area contributed by atoms with E-state index in [1.807, 2.05) is 0 Å². The summed E-state index contributed by atoms with van der Waals surface area (Å²) in [6.45, 7) is 6.52. The highest BCUT2D eigenvalue weighted by Gasteiger charge is 2.39. The van der Waals surface area contributed by atoms with E-state index in [-0.39, 0.29) is 5.91 Å². The molecule has 3 aliphatic rings. The fourth-order valence-electron chi connectivity index (χ4n) is 5.01. The Balaban J connectivity index is 1.62. The van der Waals surface area contributed by atoms with E-state index in [0.29, 0.717) is 18.1 Å². The number of aromatic nitrogens is 1. The van der Waals surface area contributed by atoms with Gasteiger partial charge in [-0.15, -0.1) is 0 Å². The third-order valence-electron chi connectivity index (χ3n) is 6.57. The maximum absolute atomic E-state index is 13.4. The zero-order chi connectivity index (χ0) is 20.4. The van der Waals surface area contributed by atoms with E-state index in [0.717, 1.165) is 28.5 Å². The Kier molecular flexibility index (Phi) is 6.53. The van der Waals surface area contributed by atoms with Gasteiger partial charge in [0, 0.05) is 24.0 Å². The third-order valence-corrected chi connectivity index (χ3v) is 7.57. The molecular weight excluding hydrogens is 378 g/mol. The second-order valence-corrected chi connectivity index (χ2v) is 10.2. The topological polar surface area (TPSA) is 37.6 Å². The number of aryl methyl sites for hydroxylation is 1.